The van der Waals surface area contributed by atoms with Crippen molar-refractivity contribution in [1.82, 2.24) is 13.5 Å². The minimum absolute atomic E-state index is 0.0319. The van der Waals surface area contributed by atoms with Gasteiger partial charge in [-0.05, 0) is 32.6 Å². The molecule has 1 amide bonds. The number of ketones is 1. The van der Waals surface area contributed by atoms with Crippen molar-refractivity contribution in [3.63, 3.8) is 0 Å². The second-order valence-electron chi connectivity index (χ2n) is 8.12. The summed E-state index contributed by atoms with van der Waals surface area (Å²) in [6.45, 7) is 4.34. The third-order valence-corrected chi connectivity index (χ3v) is 8.20. The number of nitrogens with zero attached hydrogens (tertiary/aromatic N) is 3. The van der Waals surface area contributed by atoms with Crippen LogP contribution in [0.25, 0.3) is 0 Å². The SMILES string of the molecule is Cc1oc2c(c1C(=O)N1CCCN(S(=O)(=O)N3CCCCC3)CC1)C(=O)CCC2. The van der Waals surface area contributed by atoms with Crippen LogP contribution in [0.5, 0.6) is 0 Å². The lowest BCUT2D eigenvalue weighted by Gasteiger charge is -2.31. The molecule has 3 aliphatic rings. The van der Waals surface area contributed by atoms with Crippen molar-refractivity contribution in [2.75, 3.05) is 39.3 Å². The first-order chi connectivity index (χ1) is 13.9. The van der Waals surface area contributed by atoms with Gasteiger partial charge in [-0.3, -0.25) is 9.59 Å². The van der Waals surface area contributed by atoms with Gasteiger partial charge in [-0.25, -0.2) is 0 Å². The highest BCUT2D eigenvalue weighted by molar-refractivity contribution is 7.86. The van der Waals surface area contributed by atoms with Crippen molar-refractivity contribution in [3.8, 4) is 0 Å². The fourth-order valence-corrected chi connectivity index (χ4v) is 6.33. The molecule has 160 valence electrons. The van der Waals surface area contributed by atoms with E-state index in [2.05, 4.69) is 0 Å². The maximum absolute atomic E-state index is 13.2. The Morgan fingerprint density at radius 3 is 2.31 bits per heavy atom. The lowest BCUT2D eigenvalue weighted by molar-refractivity contribution is 0.0756. The van der Waals surface area contributed by atoms with Crippen LogP contribution in [0.3, 0.4) is 0 Å². The predicted molar refractivity (Wildman–Crippen MR) is 107 cm³/mol. The van der Waals surface area contributed by atoms with E-state index >= 15 is 0 Å². The Kier molecular flexibility index (Phi) is 5.81. The highest BCUT2D eigenvalue weighted by atomic mass is 32.2. The molecule has 0 saturated carbocycles. The van der Waals surface area contributed by atoms with Gasteiger partial charge in [0.15, 0.2) is 5.78 Å². The molecule has 0 aromatic carbocycles. The summed E-state index contributed by atoms with van der Waals surface area (Å²) in [6.07, 6.45) is 5.31. The van der Waals surface area contributed by atoms with Gasteiger partial charge in [0.2, 0.25) is 0 Å². The molecule has 9 heteroatoms. The van der Waals surface area contributed by atoms with Crippen LogP contribution >= 0.6 is 0 Å². The monoisotopic (exact) mass is 423 g/mol. The maximum atomic E-state index is 13.2. The Labute approximate surface area is 172 Å². The van der Waals surface area contributed by atoms with Gasteiger partial charge in [0, 0.05) is 52.1 Å². The number of Topliss-reactive ketones (excluding diaryl/α,β-unsaturated/α-hetero) is 1. The highest BCUT2D eigenvalue weighted by Gasteiger charge is 2.35. The van der Waals surface area contributed by atoms with E-state index in [4.69, 9.17) is 4.42 Å². The van der Waals surface area contributed by atoms with Gasteiger partial charge in [0.25, 0.3) is 16.1 Å². The summed E-state index contributed by atoms with van der Waals surface area (Å²) in [6, 6.07) is 0. The van der Waals surface area contributed by atoms with Gasteiger partial charge in [-0.2, -0.15) is 17.0 Å². The van der Waals surface area contributed by atoms with Gasteiger partial charge in [-0.15, -0.1) is 0 Å². The van der Waals surface area contributed by atoms with E-state index in [1.807, 2.05) is 0 Å². The molecule has 1 aliphatic carbocycles. The summed E-state index contributed by atoms with van der Waals surface area (Å²) in [5.74, 6) is 0.846. The number of hydrogen-bond acceptors (Lipinski definition) is 5. The topological polar surface area (TPSA) is 91.1 Å². The smallest absolute Gasteiger partial charge is 0.282 e. The molecule has 4 rings (SSSR count). The van der Waals surface area contributed by atoms with Crippen molar-refractivity contribution in [3.05, 3.63) is 22.6 Å². The fraction of sp³-hybridized carbons (Fsp3) is 0.700. The molecule has 0 unspecified atom stereocenters. The van der Waals surface area contributed by atoms with Gasteiger partial charge in [0.1, 0.15) is 11.5 Å². The van der Waals surface area contributed by atoms with Crippen LogP contribution in [-0.4, -0.2) is 72.9 Å². The predicted octanol–water partition coefficient (Wildman–Crippen LogP) is 1.99. The molecular formula is C20H29N3O5S. The Morgan fingerprint density at radius 2 is 1.55 bits per heavy atom. The summed E-state index contributed by atoms with van der Waals surface area (Å²) in [5.41, 5.74) is 0.817. The summed E-state index contributed by atoms with van der Waals surface area (Å²) in [4.78, 5) is 27.3. The van der Waals surface area contributed by atoms with Crippen LogP contribution in [0.4, 0.5) is 0 Å². The van der Waals surface area contributed by atoms with E-state index in [1.54, 1.807) is 16.1 Å². The Bertz CT molecular complexity index is 901. The molecule has 3 heterocycles. The second-order valence-corrected chi connectivity index (χ2v) is 10.0. The molecule has 0 spiro atoms. The maximum Gasteiger partial charge on any atom is 0.282 e. The molecule has 8 nitrogen and oxygen atoms in total. The molecule has 2 saturated heterocycles. The van der Waals surface area contributed by atoms with E-state index in [9.17, 15) is 18.0 Å². The number of amides is 1. The van der Waals surface area contributed by atoms with Crippen molar-refractivity contribution in [2.45, 2.75) is 51.9 Å². The van der Waals surface area contributed by atoms with Gasteiger partial charge in [-0.1, -0.05) is 6.42 Å². The largest absolute Gasteiger partial charge is 0.465 e. The van der Waals surface area contributed by atoms with Crippen LogP contribution in [-0.2, 0) is 16.6 Å². The lowest BCUT2D eigenvalue weighted by atomic mass is 9.93. The number of hydrogen-bond donors (Lipinski definition) is 0. The molecule has 0 atom stereocenters. The van der Waals surface area contributed by atoms with E-state index in [0.717, 1.165) is 25.7 Å². The first kappa shape index (κ1) is 20.6. The molecule has 0 bridgehead atoms. The molecule has 2 aliphatic heterocycles. The zero-order chi connectivity index (χ0) is 20.6. The third-order valence-electron chi connectivity index (χ3n) is 6.17. The molecule has 2 fully saturated rings. The standard InChI is InChI=1S/C20H29N3O5S/c1-15-18(19-16(24)7-5-8-17(19)28-15)20(25)21-9-6-12-23(14-13-21)29(26,27)22-10-3-2-4-11-22/h2-14H2,1H3. The molecule has 1 aromatic heterocycles. The molecule has 0 N–H and O–H groups in total. The molecular weight excluding hydrogens is 394 g/mol. The van der Waals surface area contributed by atoms with Crippen LogP contribution in [0, 0.1) is 6.92 Å². The quantitative estimate of drug-likeness (QED) is 0.741. The first-order valence-corrected chi connectivity index (χ1v) is 12.0. The molecule has 1 aromatic rings. The van der Waals surface area contributed by atoms with Crippen molar-refractivity contribution >= 4 is 21.9 Å². The zero-order valence-electron chi connectivity index (χ0n) is 17.0. The fourth-order valence-electron chi connectivity index (χ4n) is 4.61. The first-order valence-electron chi connectivity index (χ1n) is 10.6. The average molecular weight is 424 g/mol. The Balaban J connectivity index is 1.50. The number of furan rings is 1. The number of rotatable bonds is 3. The van der Waals surface area contributed by atoms with Crippen LogP contribution in [0.2, 0.25) is 0 Å². The Hall–Kier alpha value is -1.71. The number of fused-ring (bicyclic) bond motifs is 1. The Morgan fingerprint density at radius 1 is 0.862 bits per heavy atom. The average Bonchev–Trinajstić information content (AvgIpc) is 2.89. The van der Waals surface area contributed by atoms with Crippen LogP contribution < -0.4 is 0 Å². The second kappa shape index (κ2) is 8.20. The molecule has 0 radical (unpaired) electrons. The number of carbonyl (C=O) groups excluding carboxylic acids is 2. The summed E-state index contributed by atoms with van der Waals surface area (Å²) in [7, 11) is -3.49. The van der Waals surface area contributed by atoms with Crippen molar-refractivity contribution < 1.29 is 22.4 Å². The summed E-state index contributed by atoms with van der Waals surface area (Å²) < 4.78 is 34.8. The van der Waals surface area contributed by atoms with Gasteiger partial charge in [0.05, 0.1) is 11.1 Å². The zero-order valence-corrected chi connectivity index (χ0v) is 17.8. The number of aryl methyl sites for hydroxylation is 2. The summed E-state index contributed by atoms with van der Waals surface area (Å²) in [5, 5.41) is 0. The van der Waals surface area contributed by atoms with E-state index in [1.165, 1.54) is 4.31 Å². The lowest BCUT2D eigenvalue weighted by Crippen LogP contribution is -2.47. The van der Waals surface area contributed by atoms with Crippen molar-refractivity contribution in [1.29, 1.82) is 0 Å². The van der Waals surface area contributed by atoms with Gasteiger partial charge < -0.3 is 9.32 Å². The van der Waals surface area contributed by atoms with E-state index in [0.29, 0.717) is 74.6 Å². The number of carbonyl (C=O) groups is 2. The van der Waals surface area contributed by atoms with Crippen LogP contribution in [0.15, 0.2) is 4.42 Å². The minimum atomic E-state index is -3.49. The number of piperidine rings is 1. The highest BCUT2D eigenvalue weighted by Crippen LogP contribution is 2.31. The molecule has 29 heavy (non-hydrogen) atoms. The van der Waals surface area contributed by atoms with E-state index < -0.39 is 10.2 Å². The van der Waals surface area contributed by atoms with E-state index in [-0.39, 0.29) is 18.2 Å². The third kappa shape index (κ3) is 3.87. The normalized spacial score (nSPS) is 22.4. The van der Waals surface area contributed by atoms with Crippen LogP contribution in [0.1, 0.15) is 70.8 Å². The van der Waals surface area contributed by atoms with Crippen molar-refractivity contribution in [2.24, 2.45) is 0 Å². The summed E-state index contributed by atoms with van der Waals surface area (Å²) >= 11 is 0. The van der Waals surface area contributed by atoms with Gasteiger partial charge >= 0.3 is 0 Å². The minimum Gasteiger partial charge on any atom is -0.465 e.